The summed E-state index contributed by atoms with van der Waals surface area (Å²) in [5.74, 6) is -0.823. The predicted octanol–water partition coefficient (Wildman–Crippen LogP) is 3.52. The zero-order valence-electron chi connectivity index (χ0n) is 16.2. The standard InChI is InChI=1S/C22H28N2O4/c25-19-15-18(22(28-19)11-3-1-4-12-22)20(26)23-17-9-7-16(8-10-17)21(27)24-13-5-2-6-14-24/h7-10,18H,1-6,11-15H2,(H,23,26)/t18-/m0/s1. The third kappa shape index (κ3) is 3.77. The maximum absolute atomic E-state index is 12.9. The monoisotopic (exact) mass is 384 g/mol. The molecular formula is C22H28N2O4. The van der Waals surface area contributed by atoms with Crippen LogP contribution < -0.4 is 5.32 Å². The first-order chi connectivity index (χ1) is 13.6. The predicted molar refractivity (Wildman–Crippen MR) is 105 cm³/mol. The lowest BCUT2D eigenvalue weighted by molar-refractivity contribution is -0.153. The van der Waals surface area contributed by atoms with E-state index in [1.54, 1.807) is 24.3 Å². The van der Waals surface area contributed by atoms with Gasteiger partial charge in [0.1, 0.15) is 5.60 Å². The number of nitrogens with one attached hydrogen (secondary N) is 1. The van der Waals surface area contributed by atoms with Crippen LogP contribution in [0.25, 0.3) is 0 Å². The number of hydrogen-bond acceptors (Lipinski definition) is 4. The first-order valence-corrected chi connectivity index (χ1v) is 10.5. The Kier molecular flexibility index (Phi) is 5.38. The largest absolute Gasteiger partial charge is 0.458 e. The van der Waals surface area contributed by atoms with Crippen molar-refractivity contribution in [2.75, 3.05) is 18.4 Å². The van der Waals surface area contributed by atoms with Crippen molar-refractivity contribution in [3.05, 3.63) is 29.8 Å². The summed E-state index contributed by atoms with van der Waals surface area (Å²) in [5.41, 5.74) is 0.664. The number of benzene rings is 1. The Morgan fingerprint density at radius 3 is 2.29 bits per heavy atom. The molecule has 1 saturated carbocycles. The average molecular weight is 384 g/mol. The molecule has 2 aliphatic heterocycles. The van der Waals surface area contributed by atoms with E-state index in [1.807, 2.05) is 4.90 Å². The van der Waals surface area contributed by atoms with Gasteiger partial charge >= 0.3 is 5.97 Å². The first kappa shape index (κ1) is 19.0. The van der Waals surface area contributed by atoms with E-state index in [-0.39, 0.29) is 24.2 Å². The lowest BCUT2D eigenvalue weighted by Crippen LogP contribution is -2.43. The van der Waals surface area contributed by atoms with Gasteiger partial charge in [-0.05, 0) is 69.2 Å². The third-order valence-corrected chi connectivity index (χ3v) is 6.38. The van der Waals surface area contributed by atoms with Crippen molar-refractivity contribution in [1.29, 1.82) is 0 Å². The van der Waals surface area contributed by atoms with Gasteiger partial charge in [0, 0.05) is 24.3 Å². The van der Waals surface area contributed by atoms with Crippen LogP contribution in [0.2, 0.25) is 0 Å². The van der Waals surface area contributed by atoms with E-state index in [4.69, 9.17) is 4.74 Å². The van der Waals surface area contributed by atoms with E-state index in [9.17, 15) is 14.4 Å². The summed E-state index contributed by atoms with van der Waals surface area (Å²) in [6, 6.07) is 7.05. The molecule has 6 heteroatoms. The smallest absolute Gasteiger partial charge is 0.307 e. The van der Waals surface area contributed by atoms with Gasteiger partial charge in [-0.3, -0.25) is 14.4 Å². The van der Waals surface area contributed by atoms with E-state index in [0.717, 1.165) is 58.0 Å². The van der Waals surface area contributed by atoms with E-state index in [0.29, 0.717) is 11.3 Å². The number of carbonyl (C=O) groups is 3. The Hall–Kier alpha value is -2.37. The van der Waals surface area contributed by atoms with Gasteiger partial charge in [-0.2, -0.15) is 0 Å². The van der Waals surface area contributed by atoms with Gasteiger partial charge in [0.25, 0.3) is 5.91 Å². The molecule has 1 N–H and O–H groups in total. The second-order valence-corrected chi connectivity index (χ2v) is 8.28. The van der Waals surface area contributed by atoms with Crippen molar-refractivity contribution < 1.29 is 19.1 Å². The Morgan fingerprint density at radius 2 is 1.61 bits per heavy atom. The fourth-order valence-electron chi connectivity index (χ4n) is 4.83. The van der Waals surface area contributed by atoms with Crippen molar-refractivity contribution in [3.63, 3.8) is 0 Å². The number of piperidine rings is 1. The highest BCUT2D eigenvalue weighted by atomic mass is 16.6. The van der Waals surface area contributed by atoms with Crippen LogP contribution >= 0.6 is 0 Å². The van der Waals surface area contributed by atoms with Gasteiger partial charge in [0.2, 0.25) is 5.91 Å². The minimum atomic E-state index is -0.621. The molecule has 1 atom stereocenters. The third-order valence-electron chi connectivity index (χ3n) is 6.38. The fraction of sp³-hybridized carbons (Fsp3) is 0.591. The molecular weight excluding hydrogens is 356 g/mol. The lowest BCUT2D eigenvalue weighted by Gasteiger charge is -2.36. The van der Waals surface area contributed by atoms with Crippen LogP contribution in [-0.4, -0.2) is 41.4 Å². The molecule has 2 amide bonds. The molecule has 2 heterocycles. The first-order valence-electron chi connectivity index (χ1n) is 10.5. The number of rotatable bonds is 3. The average Bonchev–Trinajstić information content (AvgIpc) is 3.04. The maximum Gasteiger partial charge on any atom is 0.307 e. The molecule has 0 radical (unpaired) electrons. The summed E-state index contributed by atoms with van der Waals surface area (Å²) in [6.45, 7) is 1.63. The van der Waals surface area contributed by atoms with Crippen LogP contribution in [0.15, 0.2) is 24.3 Å². The Balaban J connectivity index is 1.41. The molecule has 1 aromatic rings. The zero-order valence-corrected chi connectivity index (χ0v) is 16.2. The minimum absolute atomic E-state index is 0.0496. The summed E-state index contributed by atoms with van der Waals surface area (Å²) in [5, 5.41) is 2.93. The Bertz CT molecular complexity index is 746. The van der Waals surface area contributed by atoms with E-state index in [1.165, 1.54) is 6.42 Å². The van der Waals surface area contributed by atoms with Crippen LogP contribution in [0.3, 0.4) is 0 Å². The van der Waals surface area contributed by atoms with Gasteiger partial charge in [-0.25, -0.2) is 0 Å². The van der Waals surface area contributed by atoms with Crippen LogP contribution in [-0.2, 0) is 14.3 Å². The van der Waals surface area contributed by atoms with Gasteiger partial charge in [-0.1, -0.05) is 6.42 Å². The second kappa shape index (κ2) is 7.94. The van der Waals surface area contributed by atoms with E-state index >= 15 is 0 Å². The number of anilines is 1. The van der Waals surface area contributed by atoms with Crippen molar-refractivity contribution in [2.24, 2.45) is 5.92 Å². The Morgan fingerprint density at radius 1 is 0.964 bits per heavy atom. The van der Waals surface area contributed by atoms with Gasteiger partial charge < -0.3 is 15.0 Å². The number of amides is 2. The van der Waals surface area contributed by atoms with Gasteiger partial charge in [-0.15, -0.1) is 0 Å². The second-order valence-electron chi connectivity index (χ2n) is 8.28. The van der Waals surface area contributed by atoms with Crippen molar-refractivity contribution in [1.82, 2.24) is 4.90 Å². The normalized spacial score (nSPS) is 24.1. The SMILES string of the molecule is O=C1C[C@@H](C(=O)Nc2ccc(C(=O)N3CCCCC3)cc2)C2(CCCCC2)O1. The van der Waals surface area contributed by atoms with Crippen LogP contribution in [0.5, 0.6) is 0 Å². The fourth-order valence-corrected chi connectivity index (χ4v) is 4.83. The number of hydrogen-bond donors (Lipinski definition) is 1. The van der Waals surface area contributed by atoms with Crippen molar-refractivity contribution in [3.8, 4) is 0 Å². The maximum atomic E-state index is 12.9. The molecule has 1 spiro atoms. The summed E-state index contributed by atoms with van der Waals surface area (Å²) in [6.07, 6.45) is 8.09. The molecule has 28 heavy (non-hydrogen) atoms. The summed E-state index contributed by atoms with van der Waals surface area (Å²) < 4.78 is 5.63. The molecule has 6 nitrogen and oxygen atoms in total. The summed E-state index contributed by atoms with van der Waals surface area (Å²) >= 11 is 0. The quantitative estimate of drug-likeness (QED) is 0.809. The minimum Gasteiger partial charge on any atom is -0.458 e. The molecule has 3 fully saturated rings. The van der Waals surface area contributed by atoms with Crippen LogP contribution in [0.1, 0.15) is 68.1 Å². The lowest BCUT2D eigenvalue weighted by atomic mass is 9.75. The summed E-state index contributed by atoms with van der Waals surface area (Å²) in [4.78, 5) is 39.3. The van der Waals surface area contributed by atoms with Crippen LogP contribution in [0.4, 0.5) is 5.69 Å². The number of nitrogens with zero attached hydrogens (tertiary/aromatic N) is 1. The van der Waals surface area contributed by atoms with Crippen molar-refractivity contribution >= 4 is 23.5 Å². The highest BCUT2D eigenvalue weighted by Crippen LogP contribution is 2.44. The number of ether oxygens (including phenoxy) is 1. The molecule has 1 aliphatic carbocycles. The highest BCUT2D eigenvalue weighted by Gasteiger charge is 2.52. The molecule has 0 bridgehead atoms. The molecule has 3 aliphatic rings. The number of carbonyl (C=O) groups excluding carboxylic acids is 3. The van der Waals surface area contributed by atoms with E-state index < -0.39 is 11.5 Å². The molecule has 0 aromatic heterocycles. The zero-order chi connectivity index (χ0) is 19.6. The van der Waals surface area contributed by atoms with E-state index in [2.05, 4.69) is 5.32 Å². The number of likely N-dealkylation sites (tertiary alicyclic amines) is 1. The molecule has 1 aromatic carbocycles. The topological polar surface area (TPSA) is 75.7 Å². The Labute approximate surface area is 165 Å². The summed E-state index contributed by atoms with van der Waals surface area (Å²) in [7, 11) is 0. The molecule has 0 unspecified atom stereocenters. The molecule has 150 valence electrons. The van der Waals surface area contributed by atoms with Crippen LogP contribution in [0, 0.1) is 5.92 Å². The number of esters is 1. The van der Waals surface area contributed by atoms with Gasteiger partial charge in [0.15, 0.2) is 0 Å². The van der Waals surface area contributed by atoms with Crippen molar-refractivity contribution in [2.45, 2.75) is 63.4 Å². The molecule has 2 saturated heterocycles. The molecule has 4 rings (SSSR count). The highest BCUT2D eigenvalue weighted by molar-refractivity contribution is 5.98. The van der Waals surface area contributed by atoms with Gasteiger partial charge in [0.05, 0.1) is 12.3 Å².